The van der Waals surface area contributed by atoms with E-state index < -0.39 is 5.97 Å². The number of hydrogen-bond donors (Lipinski definition) is 2. The molecule has 0 bridgehead atoms. The Morgan fingerprint density at radius 1 is 1.29 bits per heavy atom. The molecule has 1 aliphatic carbocycles. The zero-order valence-corrected chi connectivity index (χ0v) is 13.7. The number of aromatic nitrogens is 1. The third-order valence-corrected chi connectivity index (χ3v) is 4.68. The van der Waals surface area contributed by atoms with Crippen molar-refractivity contribution in [1.29, 1.82) is 0 Å². The van der Waals surface area contributed by atoms with E-state index in [1.165, 1.54) is 19.3 Å². The Morgan fingerprint density at radius 3 is 2.75 bits per heavy atom. The lowest BCUT2D eigenvalue weighted by Gasteiger charge is -2.24. The van der Waals surface area contributed by atoms with E-state index >= 15 is 0 Å². The molecule has 6 nitrogen and oxygen atoms in total. The number of pyridine rings is 1. The quantitative estimate of drug-likeness (QED) is 0.838. The van der Waals surface area contributed by atoms with Crippen molar-refractivity contribution in [2.45, 2.75) is 51.0 Å². The highest BCUT2D eigenvalue weighted by Crippen LogP contribution is 2.27. The SMILES string of the molecule is O=C(O)CCC1=C(NC2CCCCC2)C(=O)N(c2ccccn2)C1. The monoisotopic (exact) mass is 329 g/mol. The van der Waals surface area contributed by atoms with Crippen LogP contribution in [0.1, 0.15) is 44.9 Å². The van der Waals surface area contributed by atoms with E-state index in [9.17, 15) is 9.59 Å². The second-order valence-electron chi connectivity index (χ2n) is 6.43. The summed E-state index contributed by atoms with van der Waals surface area (Å²) in [4.78, 5) is 29.7. The maximum absolute atomic E-state index is 12.9. The van der Waals surface area contributed by atoms with Crippen LogP contribution in [0.2, 0.25) is 0 Å². The predicted molar refractivity (Wildman–Crippen MR) is 90.5 cm³/mol. The van der Waals surface area contributed by atoms with E-state index in [0.29, 0.717) is 30.5 Å². The van der Waals surface area contributed by atoms with Crippen molar-refractivity contribution in [1.82, 2.24) is 10.3 Å². The van der Waals surface area contributed by atoms with Crippen molar-refractivity contribution in [3.05, 3.63) is 35.7 Å². The molecular weight excluding hydrogens is 306 g/mol. The van der Waals surface area contributed by atoms with E-state index in [-0.39, 0.29) is 12.3 Å². The van der Waals surface area contributed by atoms with Gasteiger partial charge in [-0.05, 0) is 37.0 Å². The van der Waals surface area contributed by atoms with Gasteiger partial charge in [0.2, 0.25) is 0 Å². The van der Waals surface area contributed by atoms with Crippen LogP contribution in [0, 0.1) is 0 Å². The molecule has 1 saturated carbocycles. The summed E-state index contributed by atoms with van der Waals surface area (Å²) in [5.74, 6) is -0.335. The Morgan fingerprint density at radius 2 is 2.08 bits per heavy atom. The van der Waals surface area contributed by atoms with Gasteiger partial charge in [-0.25, -0.2) is 4.98 Å². The summed E-state index contributed by atoms with van der Waals surface area (Å²) in [6, 6.07) is 5.76. The minimum absolute atomic E-state index is 0.0362. The first-order chi connectivity index (χ1) is 11.6. The maximum Gasteiger partial charge on any atom is 0.303 e. The van der Waals surface area contributed by atoms with Crippen molar-refractivity contribution in [2.75, 3.05) is 11.4 Å². The van der Waals surface area contributed by atoms with E-state index in [2.05, 4.69) is 10.3 Å². The fourth-order valence-corrected chi connectivity index (χ4v) is 3.40. The van der Waals surface area contributed by atoms with Crippen molar-refractivity contribution >= 4 is 17.7 Å². The highest BCUT2D eigenvalue weighted by molar-refractivity contribution is 6.08. The molecule has 1 aromatic heterocycles. The number of nitrogens with zero attached hydrogens (tertiary/aromatic N) is 2. The van der Waals surface area contributed by atoms with Gasteiger partial charge in [-0.15, -0.1) is 0 Å². The number of hydrogen-bond acceptors (Lipinski definition) is 4. The molecule has 0 unspecified atom stereocenters. The summed E-state index contributed by atoms with van der Waals surface area (Å²) in [5.41, 5.74) is 1.47. The van der Waals surface area contributed by atoms with Crippen LogP contribution in [0.4, 0.5) is 5.82 Å². The molecule has 1 aromatic rings. The van der Waals surface area contributed by atoms with Crippen molar-refractivity contribution in [3.8, 4) is 0 Å². The largest absolute Gasteiger partial charge is 0.481 e. The van der Waals surface area contributed by atoms with Gasteiger partial charge in [0, 0.05) is 18.7 Å². The highest BCUT2D eigenvalue weighted by atomic mass is 16.4. The zero-order valence-electron chi connectivity index (χ0n) is 13.7. The lowest BCUT2D eigenvalue weighted by Crippen LogP contribution is -2.36. The van der Waals surface area contributed by atoms with Gasteiger partial charge >= 0.3 is 5.97 Å². The van der Waals surface area contributed by atoms with Crippen LogP contribution in [-0.2, 0) is 9.59 Å². The summed E-state index contributed by atoms with van der Waals surface area (Å²) in [6.07, 6.45) is 7.80. The molecule has 0 radical (unpaired) electrons. The van der Waals surface area contributed by atoms with Crippen molar-refractivity contribution in [3.63, 3.8) is 0 Å². The molecule has 0 aromatic carbocycles. The first kappa shape index (κ1) is 16.5. The highest BCUT2D eigenvalue weighted by Gasteiger charge is 2.33. The average molecular weight is 329 g/mol. The number of nitrogens with one attached hydrogen (secondary N) is 1. The number of carboxylic acids is 1. The second-order valence-corrected chi connectivity index (χ2v) is 6.43. The van der Waals surface area contributed by atoms with Crippen LogP contribution in [0.3, 0.4) is 0 Å². The maximum atomic E-state index is 12.9. The van der Waals surface area contributed by atoms with E-state index in [1.807, 2.05) is 12.1 Å². The standard InChI is InChI=1S/C18H23N3O3/c22-16(23)10-9-13-12-21(15-8-4-5-11-19-15)18(24)17(13)20-14-6-2-1-3-7-14/h4-5,8,11,14,20H,1-3,6-7,9-10,12H2,(H,22,23). The van der Waals surface area contributed by atoms with Crippen LogP contribution in [0.25, 0.3) is 0 Å². The van der Waals surface area contributed by atoms with Gasteiger partial charge in [-0.3, -0.25) is 14.5 Å². The normalized spacial score (nSPS) is 19.0. The van der Waals surface area contributed by atoms with Crippen molar-refractivity contribution in [2.24, 2.45) is 0 Å². The van der Waals surface area contributed by atoms with Crippen LogP contribution in [0.15, 0.2) is 35.7 Å². The zero-order chi connectivity index (χ0) is 16.9. The lowest BCUT2D eigenvalue weighted by molar-refractivity contribution is -0.137. The number of carboxylic acid groups (broad SMARTS) is 1. The number of amides is 1. The third-order valence-electron chi connectivity index (χ3n) is 4.68. The van der Waals surface area contributed by atoms with Gasteiger partial charge in [0.25, 0.3) is 5.91 Å². The summed E-state index contributed by atoms with van der Waals surface area (Å²) in [6.45, 7) is 0.415. The fourth-order valence-electron chi connectivity index (χ4n) is 3.40. The molecule has 1 amide bonds. The van der Waals surface area contributed by atoms with Crippen LogP contribution < -0.4 is 10.2 Å². The summed E-state index contributed by atoms with van der Waals surface area (Å²) in [5, 5.41) is 12.4. The average Bonchev–Trinajstić information content (AvgIpc) is 2.91. The van der Waals surface area contributed by atoms with Gasteiger partial charge in [-0.1, -0.05) is 25.3 Å². The van der Waals surface area contributed by atoms with E-state index in [4.69, 9.17) is 5.11 Å². The Bertz CT molecular complexity index is 636. The Labute approximate surface area is 141 Å². The fraction of sp³-hybridized carbons (Fsp3) is 0.500. The molecule has 2 aliphatic rings. The van der Waals surface area contributed by atoms with Crippen LogP contribution in [-0.4, -0.2) is 34.6 Å². The number of rotatable bonds is 6. The molecule has 0 spiro atoms. The second kappa shape index (κ2) is 7.47. The molecule has 1 aliphatic heterocycles. The van der Waals surface area contributed by atoms with Crippen LogP contribution in [0.5, 0.6) is 0 Å². The molecule has 1 fully saturated rings. The van der Waals surface area contributed by atoms with Gasteiger partial charge in [-0.2, -0.15) is 0 Å². The number of carbonyl (C=O) groups excluding carboxylic acids is 1. The molecule has 128 valence electrons. The van der Waals surface area contributed by atoms with Crippen LogP contribution >= 0.6 is 0 Å². The molecule has 3 rings (SSSR count). The van der Waals surface area contributed by atoms with Gasteiger partial charge < -0.3 is 10.4 Å². The minimum Gasteiger partial charge on any atom is -0.481 e. The van der Waals surface area contributed by atoms with E-state index in [0.717, 1.165) is 18.4 Å². The first-order valence-electron chi connectivity index (χ1n) is 8.58. The Hall–Kier alpha value is -2.37. The van der Waals surface area contributed by atoms with Gasteiger partial charge in [0.05, 0.1) is 6.54 Å². The molecule has 2 heterocycles. The summed E-state index contributed by atoms with van der Waals surface area (Å²) < 4.78 is 0. The van der Waals surface area contributed by atoms with Gasteiger partial charge in [0.1, 0.15) is 11.5 Å². The lowest BCUT2D eigenvalue weighted by atomic mass is 9.95. The van der Waals surface area contributed by atoms with E-state index in [1.54, 1.807) is 17.2 Å². The first-order valence-corrected chi connectivity index (χ1v) is 8.58. The molecule has 2 N–H and O–H groups in total. The molecule has 6 heteroatoms. The number of carbonyl (C=O) groups is 2. The van der Waals surface area contributed by atoms with Gasteiger partial charge in [0.15, 0.2) is 0 Å². The molecule has 24 heavy (non-hydrogen) atoms. The number of anilines is 1. The summed E-state index contributed by atoms with van der Waals surface area (Å²) in [7, 11) is 0. The Kier molecular flexibility index (Phi) is 5.13. The molecule has 0 atom stereocenters. The predicted octanol–water partition coefficient (Wildman–Crippen LogP) is 2.47. The Balaban J connectivity index is 1.78. The number of aliphatic carboxylic acids is 1. The third kappa shape index (κ3) is 3.75. The minimum atomic E-state index is -0.844. The summed E-state index contributed by atoms with van der Waals surface area (Å²) >= 11 is 0. The molecular formula is C18H23N3O3. The smallest absolute Gasteiger partial charge is 0.303 e. The molecule has 0 saturated heterocycles. The van der Waals surface area contributed by atoms with Crippen molar-refractivity contribution < 1.29 is 14.7 Å². The topological polar surface area (TPSA) is 82.5 Å².